The van der Waals surface area contributed by atoms with E-state index in [4.69, 9.17) is 0 Å². The first kappa shape index (κ1) is 11.6. The molecule has 0 aliphatic rings. The van der Waals surface area contributed by atoms with Gasteiger partial charge in [-0.3, -0.25) is 4.98 Å². The minimum atomic E-state index is 0.346. The zero-order chi connectivity index (χ0) is 12.1. The summed E-state index contributed by atoms with van der Waals surface area (Å²) in [6, 6.07) is 12.9. The molecule has 0 bridgehead atoms. The standard InChI is InChI=1S/C15H18N2/c1-3-14(13-7-5-4-6-8-13)17-15-11-16-10-9-12(15)2/h4-11,14,17H,3H2,1-2H3. The van der Waals surface area contributed by atoms with Gasteiger partial charge < -0.3 is 5.32 Å². The Morgan fingerprint density at radius 3 is 2.59 bits per heavy atom. The highest BCUT2D eigenvalue weighted by Gasteiger charge is 2.09. The van der Waals surface area contributed by atoms with Crippen LogP contribution >= 0.6 is 0 Å². The third-order valence-electron chi connectivity index (χ3n) is 2.98. The molecule has 0 saturated carbocycles. The summed E-state index contributed by atoms with van der Waals surface area (Å²) in [5.41, 5.74) is 3.66. The molecule has 1 N–H and O–H groups in total. The lowest BCUT2D eigenvalue weighted by molar-refractivity contribution is 0.747. The Balaban J connectivity index is 2.19. The summed E-state index contributed by atoms with van der Waals surface area (Å²) in [5.74, 6) is 0. The number of aryl methyl sites for hydroxylation is 1. The van der Waals surface area contributed by atoms with E-state index in [1.807, 2.05) is 24.5 Å². The SMILES string of the molecule is CCC(Nc1cnccc1C)c1ccccc1. The summed E-state index contributed by atoms with van der Waals surface area (Å²) in [4.78, 5) is 4.16. The highest BCUT2D eigenvalue weighted by Crippen LogP contribution is 2.23. The van der Waals surface area contributed by atoms with E-state index in [2.05, 4.69) is 48.4 Å². The van der Waals surface area contributed by atoms with Gasteiger partial charge in [-0.25, -0.2) is 0 Å². The van der Waals surface area contributed by atoms with E-state index < -0.39 is 0 Å². The Morgan fingerprint density at radius 1 is 1.18 bits per heavy atom. The first-order valence-electron chi connectivity index (χ1n) is 6.03. The van der Waals surface area contributed by atoms with Crippen LogP contribution in [0.25, 0.3) is 0 Å². The van der Waals surface area contributed by atoms with Gasteiger partial charge in [0.15, 0.2) is 0 Å². The molecule has 2 aromatic rings. The third kappa shape index (κ3) is 2.84. The minimum absolute atomic E-state index is 0.346. The van der Waals surface area contributed by atoms with Crippen LogP contribution in [0.2, 0.25) is 0 Å². The maximum absolute atomic E-state index is 4.16. The van der Waals surface area contributed by atoms with Crippen LogP contribution < -0.4 is 5.32 Å². The average Bonchev–Trinajstić information content (AvgIpc) is 2.39. The topological polar surface area (TPSA) is 24.9 Å². The minimum Gasteiger partial charge on any atom is -0.377 e. The predicted molar refractivity (Wildman–Crippen MR) is 72.1 cm³/mol. The molecule has 88 valence electrons. The number of nitrogens with one attached hydrogen (secondary N) is 1. The van der Waals surface area contributed by atoms with Crippen molar-refractivity contribution in [3.63, 3.8) is 0 Å². The highest BCUT2D eigenvalue weighted by atomic mass is 14.9. The molecule has 2 nitrogen and oxygen atoms in total. The van der Waals surface area contributed by atoms with E-state index in [1.165, 1.54) is 11.1 Å². The van der Waals surface area contributed by atoms with Gasteiger partial charge in [-0.15, -0.1) is 0 Å². The molecule has 0 aliphatic carbocycles. The van der Waals surface area contributed by atoms with E-state index in [-0.39, 0.29) is 0 Å². The summed E-state index contributed by atoms with van der Waals surface area (Å²) >= 11 is 0. The Morgan fingerprint density at radius 2 is 1.94 bits per heavy atom. The van der Waals surface area contributed by atoms with Crippen LogP contribution in [0.5, 0.6) is 0 Å². The molecule has 1 unspecified atom stereocenters. The maximum Gasteiger partial charge on any atom is 0.0561 e. The average molecular weight is 226 g/mol. The summed E-state index contributed by atoms with van der Waals surface area (Å²) < 4.78 is 0. The van der Waals surface area contributed by atoms with Crippen LogP contribution in [0, 0.1) is 6.92 Å². The van der Waals surface area contributed by atoms with Crippen LogP contribution in [-0.4, -0.2) is 4.98 Å². The van der Waals surface area contributed by atoms with Crippen molar-refractivity contribution in [3.05, 3.63) is 59.9 Å². The molecule has 0 spiro atoms. The summed E-state index contributed by atoms with van der Waals surface area (Å²) in [7, 11) is 0. The molecule has 1 aromatic heterocycles. The van der Waals surface area contributed by atoms with Crippen molar-refractivity contribution in [1.82, 2.24) is 4.98 Å². The molecule has 2 heteroatoms. The fraction of sp³-hybridized carbons (Fsp3) is 0.267. The van der Waals surface area contributed by atoms with Gasteiger partial charge in [-0.05, 0) is 30.5 Å². The van der Waals surface area contributed by atoms with Crippen molar-refractivity contribution in [2.45, 2.75) is 26.3 Å². The van der Waals surface area contributed by atoms with Gasteiger partial charge in [0, 0.05) is 6.20 Å². The number of anilines is 1. The fourth-order valence-corrected chi connectivity index (χ4v) is 1.91. The molecule has 0 saturated heterocycles. The molecule has 17 heavy (non-hydrogen) atoms. The Labute approximate surface area is 103 Å². The van der Waals surface area contributed by atoms with Crippen molar-refractivity contribution >= 4 is 5.69 Å². The molecular weight excluding hydrogens is 208 g/mol. The maximum atomic E-state index is 4.16. The monoisotopic (exact) mass is 226 g/mol. The van der Waals surface area contributed by atoms with Gasteiger partial charge in [-0.1, -0.05) is 37.3 Å². The molecule has 0 radical (unpaired) electrons. The second kappa shape index (κ2) is 5.48. The van der Waals surface area contributed by atoms with Crippen LogP contribution in [-0.2, 0) is 0 Å². The second-order valence-electron chi connectivity index (χ2n) is 4.21. The fourth-order valence-electron chi connectivity index (χ4n) is 1.91. The first-order chi connectivity index (χ1) is 8.31. The van der Waals surface area contributed by atoms with Gasteiger partial charge in [-0.2, -0.15) is 0 Å². The largest absolute Gasteiger partial charge is 0.377 e. The number of aromatic nitrogens is 1. The molecule has 0 amide bonds. The summed E-state index contributed by atoms with van der Waals surface area (Å²) in [6.45, 7) is 4.29. The highest BCUT2D eigenvalue weighted by molar-refractivity contribution is 5.49. The van der Waals surface area contributed by atoms with Crippen LogP contribution in [0.1, 0.15) is 30.5 Å². The second-order valence-corrected chi connectivity index (χ2v) is 4.21. The van der Waals surface area contributed by atoms with Gasteiger partial charge in [0.1, 0.15) is 0 Å². The lowest BCUT2D eigenvalue weighted by atomic mass is 10.0. The smallest absolute Gasteiger partial charge is 0.0561 e. The zero-order valence-corrected chi connectivity index (χ0v) is 10.4. The molecular formula is C15H18N2. The van der Waals surface area contributed by atoms with Crippen LogP contribution in [0.3, 0.4) is 0 Å². The molecule has 1 aromatic carbocycles. The number of benzene rings is 1. The van der Waals surface area contributed by atoms with E-state index in [9.17, 15) is 0 Å². The predicted octanol–water partition coefficient (Wildman–Crippen LogP) is 3.95. The van der Waals surface area contributed by atoms with Gasteiger partial charge in [0.05, 0.1) is 17.9 Å². The molecule has 0 aliphatic heterocycles. The van der Waals surface area contributed by atoms with E-state index >= 15 is 0 Å². The van der Waals surface area contributed by atoms with Crippen molar-refractivity contribution in [2.75, 3.05) is 5.32 Å². The number of nitrogens with zero attached hydrogens (tertiary/aromatic N) is 1. The summed E-state index contributed by atoms with van der Waals surface area (Å²) in [6.07, 6.45) is 4.77. The number of pyridine rings is 1. The first-order valence-corrected chi connectivity index (χ1v) is 6.03. The quantitative estimate of drug-likeness (QED) is 0.853. The Bertz CT molecular complexity index is 465. The van der Waals surface area contributed by atoms with Crippen LogP contribution in [0.15, 0.2) is 48.8 Å². The number of rotatable bonds is 4. The number of hydrogen-bond donors (Lipinski definition) is 1. The van der Waals surface area contributed by atoms with Gasteiger partial charge >= 0.3 is 0 Å². The van der Waals surface area contributed by atoms with E-state index in [0.717, 1.165) is 12.1 Å². The van der Waals surface area contributed by atoms with Crippen molar-refractivity contribution < 1.29 is 0 Å². The molecule has 1 atom stereocenters. The lowest BCUT2D eigenvalue weighted by Crippen LogP contribution is -2.10. The van der Waals surface area contributed by atoms with Crippen molar-refractivity contribution in [3.8, 4) is 0 Å². The lowest BCUT2D eigenvalue weighted by Gasteiger charge is -2.19. The third-order valence-corrected chi connectivity index (χ3v) is 2.98. The molecule has 0 fully saturated rings. The number of hydrogen-bond acceptors (Lipinski definition) is 2. The van der Waals surface area contributed by atoms with Crippen molar-refractivity contribution in [1.29, 1.82) is 0 Å². The van der Waals surface area contributed by atoms with E-state index in [0.29, 0.717) is 6.04 Å². The van der Waals surface area contributed by atoms with E-state index in [1.54, 1.807) is 0 Å². The van der Waals surface area contributed by atoms with Crippen LogP contribution in [0.4, 0.5) is 5.69 Å². The van der Waals surface area contributed by atoms with Gasteiger partial charge in [0.25, 0.3) is 0 Å². The Kier molecular flexibility index (Phi) is 3.76. The normalized spacial score (nSPS) is 12.1. The summed E-state index contributed by atoms with van der Waals surface area (Å²) in [5, 5.41) is 3.55. The zero-order valence-electron chi connectivity index (χ0n) is 10.4. The van der Waals surface area contributed by atoms with Crippen molar-refractivity contribution in [2.24, 2.45) is 0 Å². The Hall–Kier alpha value is -1.83. The molecule has 2 rings (SSSR count). The molecule has 1 heterocycles. The van der Waals surface area contributed by atoms with Gasteiger partial charge in [0.2, 0.25) is 0 Å².